The van der Waals surface area contributed by atoms with Crippen LogP contribution in [0, 0.1) is 0 Å². The van der Waals surface area contributed by atoms with Gasteiger partial charge in [-0.25, -0.2) is 0 Å². The first kappa shape index (κ1) is 16.1. The molecule has 0 radical (unpaired) electrons. The molecule has 5 heteroatoms. The molecule has 136 valence electrons. The maximum absolute atomic E-state index is 13.0. The van der Waals surface area contributed by atoms with Crippen molar-refractivity contribution in [3.63, 3.8) is 0 Å². The van der Waals surface area contributed by atoms with Crippen LogP contribution in [0.1, 0.15) is 12.5 Å². The molecule has 3 heterocycles. The van der Waals surface area contributed by atoms with E-state index in [1.54, 1.807) is 4.57 Å². The van der Waals surface area contributed by atoms with Crippen LogP contribution in [0.5, 0.6) is 5.75 Å². The van der Waals surface area contributed by atoms with Gasteiger partial charge >= 0.3 is 0 Å². The molecule has 1 atom stereocenters. The zero-order valence-corrected chi connectivity index (χ0v) is 15.5. The minimum Gasteiger partial charge on any atom is -0.487 e. The van der Waals surface area contributed by atoms with Crippen molar-refractivity contribution in [2.45, 2.75) is 13.0 Å². The van der Waals surface area contributed by atoms with E-state index < -0.39 is 0 Å². The highest BCUT2D eigenvalue weighted by molar-refractivity contribution is 6.12. The molecule has 2 aromatic carbocycles. The Labute approximate surface area is 156 Å². The van der Waals surface area contributed by atoms with Crippen LogP contribution in [-0.4, -0.2) is 23.8 Å². The summed E-state index contributed by atoms with van der Waals surface area (Å²) in [5.74, 6) is 0.742. The van der Waals surface area contributed by atoms with Gasteiger partial charge in [0.25, 0.3) is 5.56 Å². The zero-order chi connectivity index (χ0) is 18.9. The van der Waals surface area contributed by atoms with Crippen molar-refractivity contribution in [2.75, 3.05) is 18.1 Å². The smallest absolute Gasteiger partial charge is 0.258 e. The van der Waals surface area contributed by atoms with Gasteiger partial charge in [0.2, 0.25) is 0 Å². The fourth-order valence-electron chi connectivity index (χ4n) is 4.42. The third kappa shape index (κ3) is 2.00. The first-order valence-corrected chi connectivity index (χ1v) is 9.11. The summed E-state index contributed by atoms with van der Waals surface area (Å²) in [6.45, 7) is 7.25. The third-order valence-electron chi connectivity index (χ3n) is 5.73. The molecule has 0 saturated carbocycles. The van der Waals surface area contributed by atoms with Crippen LogP contribution in [-0.2, 0) is 7.05 Å². The van der Waals surface area contributed by atoms with Crippen molar-refractivity contribution in [1.29, 1.82) is 0 Å². The van der Waals surface area contributed by atoms with E-state index >= 15 is 0 Å². The van der Waals surface area contributed by atoms with Gasteiger partial charge in [-0.2, -0.15) is 0 Å². The predicted molar refractivity (Wildman–Crippen MR) is 110 cm³/mol. The molecule has 2 aliphatic rings. The van der Waals surface area contributed by atoms with Crippen molar-refractivity contribution in [3.05, 3.63) is 64.6 Å². The average molecular weight is 359 g/mol. The van der Waals surface area contributed by atoms with Crippen LogP contribution in [0.15, 0.2) is 53.5 Å². The molecule has 0 saturated heterocycles. The van der Waals surface area contributed by atoms with Gasteiger partial charge in [-0.15, -0.1) is 0 Å². The van der Waals surface area contributed by atoms with Gasteiger partial charge in [-0.05, 0) is 36.1 Å². The normalized spacial score (nSPS) is 18.5. The molecule has 5 nitrogen and oxygen atoms in total. The number of anilines is 1. The Morgan fingerprint density at radius 2 is 2.00 bits per heavy atom. The fourth-order valence-corrected chi connectivity index (χ4v) is 4.42. The van der Waals surface area contributed by atoms with E-state index in [-0.39, 0.29) is 11.6 Å². The number of aromatic nitrogens is 1. The Hall–Kier alpha value is -3.05. The highest BCUT2D eigenvalue weighted by Gasteiger charge is 2.35. The first-order valence-electron chi connectivity index (χ1n) is 9.11. The number of pyridine rings is 1. The van der Waals surface area contributed by atoms with E-state index in [4.69, 9.17) is 10.5 Å². The topological polar surface area (TPSA) is 60.5 Å². The monoisotopic (exact) mass is 359 g/mol. The molecule has 0 amide bonds. The van der Waals surface area contributed by atoms with Gasteiger partial charge in [0.15, 0.2) is 5.75 Å². The standard InChI is InChI=1S/C22H21N3O2/c1-12-8-13(2)25-14(10-23)11-27-21-19-18(9-17(12)20(21)25)15-6-4-5-7-16(15)22(26)24(19)3/h4-9,14H,2,10-11,23H2,1,3H3/t14-/m1/s1. The maximum atomic E-state index is 13.0. The van der Waals surface area contributed by atoms with Gasteiger partial charge in [0.1, 0.15) is 6.61 Å². The van der Waals surface area contributed by atoms with E-state index in [1.165, 1.54) is 0 Å². The van der Waals surface area contributed by atoms with Crippen LogP contribution < -0.4 is 20.9 Å². The molecule has 2 aliphatic heterocycles. The minimum absolute atomic E-state index is 0.0210. The summed E-state index contributed by atoms with van der Waals surface area (Å²) in [6, 6.07) is 9.95. The summed E-state index contributed by atoms with van der Waals surface area (Å²) < 4.78 is 7.92. The molecule has 0 bridgehead atoms. The van der Waals surface area contributed by atoms with Gasteiger partial charge in [0, 0.05) is 35.6 Å². The Balaban J connectivity index is 2.01. The van der Waals surface area contributed by atoms with Gasteiger partial charge in [0.05, 0.1) is 17.2 Å². The van der Waals surface area contributed by atoms with Crippen LogP contribution in [0.25, 0.3) is 27.2 Å². The molecule has 3 aromatic rings. The largest absolute Gasteiger partial charge is 0.487 e. The second-order valence-corrected chi connectivity index (χ2v) is 7.30. The summed E-state index contributed by atoms with van der Waals surface area (Å²) in [7, 11) is 1.81. The molecular weight excluding hydrogens is 338 g/mol. The molecule has 2 N–H and O–H groups in total. The van der Waals surface area contributed by atoms with E-state index in [0.29, 0.717) is 18.5 Å². The second kappa shape index (κ2) is 5.47. The Bertz CT molecular complexity index is 1240. The highest BCUT2D eigenvalue weighted by atomic mass is 16.5. The van der Waals surface area contributed by atoms with Crippen molar-refractivity contribution in [2.24, 2.45) is 12.8 Å². The van der Waals surface area contributed by atoms with Crippen LogP contribution in [0.3, 0.4) is 0 Å². The summed E-state index contributed by atoms with van der Waals surface area (Å²) in [4.78, 5) is 15.1. The third-order valence-corrected chi connectivity index (χ3v) is 5.73. The molecule has 1 aromatic heterocycles. The number of nitrogens with two attached hydrogens (primary N) is 1. The Morgan fingerprint density at radius 3 is 2.74 bits per heavy atom. The highest BCUT2D eigenvalue weighted by Crippen LogP contribution is 2.49. The van der Waals surface area contributed by atoms with Crippen molar-refractivity contribution < 1.29 is 4.74 Å². The number of nitrogens with zero attached hydrogens (tertiary/aromatic N) is 2. The Kier molecular flexibility index (Phi) is 3.27. The second-order valence-electron chi connectivity index (χ2n) is 7.30. The van der Waals surface area contributed by atoms with Crippen molar-refractivity contribution >= 4 is 32.9 Å². The van der Waals surface area contributed by atoms with Gasteiger partial charge in [-0.3, -0.25) is 4.79 Å². The number of hydrogen-bond donors (Lipinski definition) is 1. The number of ether oxygens (including phenoxy) is 1. The molecule has 0 unspecified atom stereocenters. The average Bonchev–Trinajstić information content (AvgIpc) is 2.68. The van der Waals surface area contributed by atoms with Crippen molar-refractivity contribution in [3.8, 4) is 5.75 Å². The predicted octanol–water partition coefficient (Wildman–Crippen LogP) is 3.15. The lowest BCUT2D eigenvalue weighted by molar-refractivity contribution is 0.272. The lowest BCUT2D eigenvalue weighted by Gasteiger charge is -2.42. The molecule has 0 fully saturated rings. The number of aryl methyl sites for hydroxylation is 1. The number of allylic oxidation sites excluding steroid dienone is 2. The SMILES string of the molecule is C=C1C=C(C)c2cc3c4ccccc4c(=O)n(C)c3c3c2N1[C@H](CN)CO3. The quantitative estimate of drug-likeness (QED) is 0.678. The maximum Gasteiger partial charge on any atom is 0.258 e. The summed E-state index contributed by atoms with van der Waals surface area (Å²) in [6.07, 6.45) is 2.09. The molecular formula is C22H21N3O2. The Morgan fingerprint density at radius 1 is 1.26 bits per heavy atom. The van der Waals surface area contributed by atoms with Crippen LogP contribution >= 0.6 is 0 Å². The van der Waals surface area contributed by atoms with Gasteiger partial charge < -0.3 is 19.9 Å². The van der Waals surface area contributed by atoms with Gasteiger partial charge in [-0.1, -0.05) is 24.8 Å². The summed E-state index contributed by atoms with van der Waals surface area (Å²) in [5, 5.41) is 2.69. The number of hydrogen-bond acceptors (Lipinski definition) is 4. The van der Waals surface area contributed by atoms with E-state index in [2.05, 4.69) is 30.5 Å². The minimum atomic E-state index is -0.0210. The molecule has 0 aliphatic carbocycles. The number of benzene rings is 2. The van der Waals surface area contributed by atoms with E-state index in [9.17, 15) is 4.79 Å². The molecule has 0 spiro atoms. The lowest BCUT2D eigenvalue weighted by Crippen LogP contribution is -2.47. The van der Waals surface area contributed by atoms with Crippen molar-refractivity contribution in [1.82, 2.24) is 4.57 Å². The first-order chi connectivity index (χ1) is 13.0. The lowest BCUT2D eigenvalue weighted by atomic mass is 9.92. The molecule has 5 rings (SSSR count). The van der Waals surface area contributed by atoms with E-state index in [0.717, 1.165) is 44.6 Å². The summed E-state index contributed by atoms with van der Waals surface area (Å²) >= 11 is 0. The van der Waals surface area contributed by atoms with E-state index in [1.807, 2.05) is 31.3 Å². The number of rotatable bonds is 1. The van der Waals surface area contributed by atoms with Crippen LogP contribution in [0.2, 0.25) is 0 Å². The summed E-state index contributed by atoms with van der Waals surface area (Å²) in [5.41, 5.74) is 10.9. The van der Waals surface area contributed by atoms with Crippen LogP contribution in [0.4, 0.5) is 5.69 Å². The zero-order valence-electron chi connectivity index (χ0n) is 15.5. The number of fused-ring (bicyclic) bond motifs is 4. The molecule has 27 heavy (non-hydrogen) atoms. The fraction of sp³-hybridized carbons (Fsp3) is 0.227.